The molecular weight excluding hydrogens is 1960 g/mol. The van der Waals surface area contributed by atoms with E-state index in [1.165, 1.54) is 142 Å². The summed E-state index contributed by atoms with van der Waals surface area (Å²) in [6, 6.07) is 69.7. The molecule has 16 heteroatoms. The molecule has 0 saturated heterocycles. The van der Waals surface area contributed by atoms with Crippen LogP contribution in [0.5, 0.6) is 0 Å². The molecule has 6 heterocycles. The van der Waals surface area contributed by atoms with Crippen LogP contribution in [0.25, 0.3) is 92.7 Å². The molecule has 0 unspecified atom stereocenters. The van der Waals surface area contributed by atoms with Crippen LogP contribution in [-0.4, -0.2) is 91.1 Å². The van der Waals surface area contributed by atoms with Gasteiger partial charge in [0.1, 0.15) is 0 Å². The summed E-state index contributed by atoms with van der Waals surface area (Å²) in [5, 5.41) is 28.9. The van der Waals surface area contributed by atoms with Gasteiger partial charge in [-0.15, -0.1) is 0 Å². The van der Waals surface area contributed by atoms with E-state index in [2.05, 4.69) is 174 Å². The Morgan fingerprint density at radius 3 is 1.03 bits per heavy atom. The van der Waals surface area contributed by atoms with Crippen molar-refractivity contribution in [3.05, 3.63) is 271 Å². The molecular formula is C82H79FIr3N3O6Se3-3. The summed E-state index contributed by atoms with van der Waals surface area (Å²) in [7, 11) is 0. The van der Waals surface area contributed by atoms with Crippen LogP contribution in [-0.2, 0) is 80.1 Å². The summed E-state index contributed by atoms with van der Waals surface area (Å²) in [6.07, 6.45) is 9.57. The van der Waals surface area contributed by atoms with Gasteiger partial charge in [0, 0.05) is 78.5 Å². The Hall–Kier alpha value is -6.94. The van der Waals surface area contributed by atoms with Crippen molar-refractivity contribution in [2.24, 2.45) is 0 Å². The Balaban J connectivity index is 0.000000269. The molecule has 3 radical (unpaired) electrons. The molecule has 0 saturated carbocycles. The maximum absolute atomic E-state index is 13.0. The van der Waals surface area contributed by atoms with Gasteiger partial charge in [-0.25, -0.2) is 0 Å². The molecule has 98 heavy (non-hydrogen) atoms. The predicted molar refractivity (Wildman–Crippen MR) is 393 cm³/mol. The first kappa shape index (κ1) is 83.5. The van der Waals surface area contributed by atoms with E-state index in [1.807, 2.05) is 85.2 Å². The number of benzene rings is 6. The van der Waals surface area contributed by atoms with Crippen molar-refractivity contribution >= 4 is 89.8 Å². The molecule has 0 fully saturated rings. The molecule has 6 aromatic heterocycles. The van der Waals surface area contributed by atoms with Crippen molar-refractivity contribution in [3.8, 4) is 63.8 Å². The summed E-state index contributed by atoms with van der Waals surface area (Å²) in [6.45, 7) is 24.5. The molecule has 0 aliphatic rings. The number of ketones is 3. The van der Waals surface area contributed by atoms with Crippen LogP contribution in [0.4, 0.5) is 4.39 Å². The van der Waals surface area contributed by atoms with Gasteiger partial charge in [-0.3, -0.25) is 14.4 Å². The molecule has 0 aliphatic heterocycles. The quantitative estimate of drug-likeness (QED) is 0.0498. The number of fused-ring (bicyclic) bond motifs is 3. The molecule has 12 aromatic rings. The fourth-order valence-electron chi connectivity index (χ4n) is 9.81. The van der Waals surface area contributed by atoms with E-state index in [9.17, 15) is 18.8 Å². The van der Waals surface area contributed by atoms with E-state index in [-0.39, 0.29) is 121 Å². The molecule has 6 aromatic carbocycles. The van der Waals surface area contributed by atoms with Gasteiger partial charge < -0.3 is 15.3 Å². The average Bonchev–Trinajstić information content (AvgIpc) is 1.61. The summed E-state index contributed by atoms with van der Waals surface area (Å²) in [5.41, 5.74) is 14.4. The molecule has 3 N–H and O–H groups in total. The minimum atomic E-state index is -0.198. The smallest absolute Gasteiger partial charge is 0 e. The van der Waals surface area contributed by atoms with Crippen LogP contribution in [0.3, 0.4) is 0 Å². The molecule has 0 aliphatic carbocycles. The Morgan fingerprint density at radius 1 is 0.439 bits per heavy atom. The third kappa shape index (κ3) is 25.7. The minimum Gasteiger partial charge on any atom is 0 e. The van der Waals surface area contributed by atoms with Crippen molar-refractivity contribution in [2.45, 2.75) is 107 Å². The normalized spacial score (nSPS) is 11.1. The number of hydrogen-bond acceptors (Lipinski definition) is 9. The largest absolute Gasteiger partial charge is 0 e. The van der Waals surface area contributed by atoms with Gasteiger partial charge in [-0.2, -0.15) is 0 Å². The first-order valence-electron chi connectivity index (χ1n) is 31.0. The van der Waals surface area contributed by atoms with E-state index in [0.29, 0.717) is 40.8 Å². The van der Waals surface area contributed by atoms with Gasteiger partial charge in [0.15, 0.2) is 17.3 Å². The molecule has 513 valence electrons. The van der Waals surface area contributed by atoms with Gasteiger partial charge >= 0.3 is 457 Å². The van der Waals surface area contributed by atoms with Gasteiger partial charge in [0.05, 0.1) is 17.3 Å². The fraction of sp³-hybridized carbons (Fsp3) is 0.195. The topological polar surface area (TPSA) is 151 Å². The van der Waals surface area contributed by atoms with E-state index in [4.69, 9.17) is 20.3 Å². The van der Waals surface area contributed by atoms with E-state index >= 15 is 0 Å². The zero-order chi connectivity index (χ0) is 68.9. The van der Waals surface area contributed by atoms with Crippen LogP contribution in [0.1, 0.15) is 119 Å². The van der Waals surface area contributed by atoms with E-state index < -0.39 is 0 Å². The summed E-state index contributed by atoms with van der Waals surface area (Å²) in [4.78, 5) is 44.0. The number of aromatic nitrogens is 3. The SMILES string of the molecule is CC(=O)C=C(C)O.CC(=O)C=C(C)O.CC(=O)C=C(C)O.CC(C)(C)c1ccc(-c2cc3cc(-c4[c-]cccc4)ncc3[se]2)cc1.CC(C)c1cccc(C(C)C)c1-c1cc2cc(-c3[c-]cccc3)ncc2[se]1.Fc1ccc(-c2cc3cc(-c4[c-]cccc4)ncc3[se]2)cc1.[Ir].[Ir].[Ir]. The number of aliphatic hydroxyl groups excluding tert-OH is 3. The number of carbonyl (C=O) groups is 3. The molecule has 9 nitrogen and oxygen atoms in total. The summed E-state index contributed by atoms with van der Waals surface area (Å²) >= 11 is 0.847. The number of halogens is 1. The average molecular weight is 2040 g/mol. The summed E-state index contributed by atoms with van der Waals surface area (Å²) in [5.74, 6) is 0.655. The second-order valence-electron chi connectivity index (χ2n) is 24.1. The molecule has 0 spiro atoms. The number of allylic oxidation sites excluding steroid dienone is 6. The zero-order valence-electron chi connectivity index (χ0n) is 56.9. The number of carbonyl (C=O) groups excluding carboxylic acids is 3. The van der Waals surface area contributed by atoms with Crippen LogP contribution < -0.4 is 0 Å². The van der Waals surface area contributed by atoms with Gasteiger partial charge in [-0.05, 0) is 41.5 Å². The molecule has 12 rings (SSSR count). The Kier molecular flexibility index (Phi) is 34.4. The Bertz CT molecular complexity index is 4530. The van der Waals surface area contributed by atoms with E-state index in [0.717, 1.165) is 39.3 Å². The maximum atomic E-state index is 13.0. The molecule has 0 atom stereocenters. The zero-order valence-corrected chi connectivity index (χ0v) is 69.2. The second-order valence-corrected chi connectivity index (χ2v) is 30.9. The van der Waals surface area contributed by atoms with Crippen LogP contribution >= 0.6 is 0 Å². The van der Waals surface area contributed by atoms with Crippen molar-refractivity contribution < 1.29 is 94.4 Å². The van der Waals surface area contributed by atoms with Gasteiger partial charge in [0.25, 0.3) is 0 Å². The second kappa shape index (κ2) is 40.3. The maximum Gasteiger partial charge on any atom is 0 e. The van der Waals surface area contributed by atoms with Crippen LogP contribution in [0.2, 0.25) is 0 Å². The van der Waals surface area contributed by atoms with Crippen LogP contribution in [0, 0.1) is 24.0 Å². The van der Waals surface area contributed by atoms with Gasteiger partial charge in [0.2, 0.25) is 0 Å². The van der Waals surface area contributed by atoms with Crippen LogP contribution in [0.15, 0.2) is 230 Å². The van der Waals surface area contributed by atoms with Crippen molar-refractivity contribution in [3.63, 3.8) is 0 Å². The Morgan fingerprint density at radius 2 is 0.755 bits per heavy atom. The summed E-state index contributed by atoms with van der Waals surface area (Å²) < 4.78 is 21.2. The first-order chi connectivity index (χ1) is 45.2. The predicted octanol–water partition coefficient (Wildman–Crippen LogP) is 20.1. The molecule has 0 bridgehead atoms. The third-order valence-corrected chi connectivity index (χ3v) is 21.3. The number of rotatable bonds is 11. The van der Waals surface area contributed by atoms with Crippen molar-refractivity contribution in [1.82, 2.24) is 15.0 Å². The standard InChI is InChI=1S/C25H24NSe.C23H20NSe.C19H11FNSe.3C5H8O2.3Ir/c1-16(2)20-11-8-12-21(17(3)4)25(20)23-14-19-13-22(26-15-24(19)27-23)18-9-6-5-7-10-18;1-23(2,3)19-11-9-17(10-12-19)21-14-18-13-20(24-15-22(18)25-21)16-7-5-4-6-8-16;20-16-8-6-14(7-9-16)18-11-15-10-17(21-12-19(15)22-18)13-4-2-1-3-5-13;3*1-4(6)3-5(2)7;;;/h5-9,11-17H,1-4H3;4-7,9-15H,1-3H3;1-4,6-12H;3*3,6H,1-2H3;;;/q3*-1;;;;;;. The minimum absolute atomic E-state index is 0. The Labute approximate surface area is 634 Å². The third-order valence-electron chi connectivity index (χ3n) is 14.2. The number of nitrogens with zero attached hydrogens (tertiary/aromatic N) is 3. The molecule has 0 amide bonds. The fourth-order valence-corrected chi connectivity index (χ4v) is 16.4. The van der Waals surface area contributed by atoms with Gasteiger partial charge in [-0.1, -0.05) is 0 Å². The van der Waals surface area contributed by atoms with E-state index in [1.54, 1.807) is 0 Å². The number of pyridine rings is 3. The monoisotopic (exact) mass is 2040 g/mol. The number of aliphatic hydroxyl groups is 3. The van der Waals surface area contributed by atoms with Crippen molar-refractivity contribution in [2.75, 3.05) is 0 Å². The first-order valence-corrected chi connectivity index (χ1v) is 36.1. The van der Waals surface area contributed by atoms with Crippen molar-refractivity contribution in [1.29, 1.82) is 0 Å². The number of hydrogen-bond donors (Lipinski definition) is 3.